The number of nitrogens with zero attached hydrogens (tertiary/aromatic N) is 2. The molecule has 12 heteroatoms. The third-order valence-electron chi connectivity index (χ3n) is 5.75. The summed E-state index contributed by atoms with van der Waals surface area (Å²) in [5, 5.41) is 8.95. The minimum Gasteiger partial charge on any atom is -0.494 e. The van der Waals surface area contributed by atoms with Gasteiger partial charge in [-0.05, 0) is 53.9 Å². The van der Waals surface area contributed by atoms with Crippen molar-refractivity contribution in [2.45, 2.75) is 31.7 Å². The van der Waals surface area contributed by atoms with Crippen LogP contribution in [0.4, 0.5) is 32.4 Å². The molecule has 0 unspecified atom stereocenters. The lowest BCUT2D eigenvalue weighted by atomic mass is 10.0. The number of rotatable bonds is 10. The number of fused-ring (bicyclic) bond motifs is 1. The molecular formula is C27H22F6N2O4. The molecule has 0 saturated carbocycles. The van der Waals surface area contributed by atoms with Gasteiger partial charge in [0.05, 0.1) is 24.2 Å². The third-order valence-corrected chi connectivity index (χ3v) is 5.75. The number of carbonyl (C=O) groups is 1. The van der Waals surface area contributed by atoms with Gasteiger partial charge in [-0.3, -0.25) is 4.79 Å². The first-order valence-corrected chi connectivity index (χ1v) is 11.7. The van der Waals surface area contributed by atoms with Gasteiger partial charge in [-0.15, -0.1) is 0 Å². The van der Waals surface area contributed by atoms with E-state index in [1.54, 1.807) is 48.5 Å². The van der Waals surface area contributed by atoms with E-state index in [2.05, 4.69) is 4.98 Å². The van der Waals surface area contributed by atoms with Crippen molar-refractivity contribution in [2.24, 2.45) is 0 Å². The maximum absolute atomic E-state index is 13.8. The molecule has 1 heterocycles. The van der Waals surface area contributed by atoms with E-state index in [0.717, 1.165) is 6.07 Å². The van der Waals surface area contributed by atoms with Gasteiger partial charge in [0.2, 0.25) is 0 Å². The molecule has 0 radical (unpaired) electrons. The normalized spacial score (nSPS) is 12.1. The highest BCUT2D eigenvalue weighted by atomic mass is 19.4. The van der Waals surface area contributed by atoms with E-state index in [-0.39, 0.29) is 43.6 Å². The van der Waals surface area contributed by atoms with E-state index in [4.69, 9.17) is 14.3 Å². The summed E-state index contributed by atoms with van der Waals surface area (Å²) in [6.45, 7) is -0.208. The largest absolute Gasteiger partial charge is 0.494 e. The van der Waals surface area contributed by atoms with Gasteiger partial charge in [0.25, 0.3) is 6.01 Å². The summed E-state index contributed by atoms with van der Waals surface area (Å²) in [4.78, 5) is 16.7. The van der Waals surface area contributed by atoms with Crippen LogP contribution in [0.3, 0.4) is 0 Å². The Labute approximate surface area is 218 Å². The minimum absolute atomic E-state index is 0.00711. The van der Waals surface area contributed by atoms with E-state index in [1.165, 1.54) is 4.90 Å². The van der Waals surface area contributed by atoms with Crippen LogP contribution in [0.2, 0.25) is 0 Å². The fourth-order valence-electron chi connectivity index (χ4n) is 3.96. The number of oxazole rings is 1. The number of anilines is 1. The quantitative estimate of drug-likeness (QED) is 0.169. The Morgan fingerprint density at radius 3 is 2.41 bits per heavy atom. The first-order valence-electron chi connectivity index (χ1n) is 11.7. The number of carboxylic acid groups (broad SMARTS) is 1. The number of hydrogen-bond donors (Lipinski definition) is 1. The molecule has 206 valence electrons. The zero-order valence-electron chi connectivity index (χ0n) is 20.2. The number of halogens is 6. The van der Waals surface area contributed by atoms with Crippen LogP contribution in [0.25, 0.3) is 11.1 Å². The Morgan fingerprint density at radius 2 is 1.72 bits per heavy atom. The van der Waals surface area contributed by atoms with Crippen molar-refractivity contribution in [3.8, 4) is 5.75 Å². The van der Waals surface area contributed by atoms with Gasteiger partial charge in [0.1, 0.15) is 11.3 Å². The molecule has 0 fully saturated rings. The van der Waals surface area contributed by atoms with Crippen LogP contribution in [0, 0.1) is 0 Å². The number of carboxylic acids is 1. The molecule has 0 amide bonds. The monoisotopic (exact) mass is 552 g/mol. The molecule has 4 aromatic rings. The summed E-state index contributed by atoms with van der Waals surface area (Å²) in [5.41, 5.74) is -1.77. The highest BCUT2D eigenvalue weighted by Crippen LogP contribution is 2.38. The van der Waals surface area contributed by atoms with E-state index in [0.29, 0.717) is 28.5 Å². The molecule has 6 nitrogen and oxygen atoms in total. The van der Waals surface area contributed by atoms with Gasteiger partial charge in [0, 0.05) is 13.1 Å². The Kier molecular flexibility index (Phi) is 8.03. The SMILES string of the molecule is O=C(O)Cc1cccc(OCCCN(Cc2ccc(C(F)(F)F)cc2C(F)(F)F)c2nc3ccccc3o2)c1. The van der Waals surface area contributed by atoms with Crippen LogP contribution in [-0.2, 0) is 30.1 Å². The van der Waals surface area contributed by atoms with Gasteiger partial charge < -0.3 is 19.2 Å². The maximum atomic E-state index is 13.8. The molecule has 0 spiro atoms. The van der Waals surface area contributed by atoms with Crippen LogP contribution in [0.5, 0.6) is 5.75 Å². The lowest BCUT2D eigenvalue weighted by Gasteiger charge is -2.23. The predicted octanol–water partition coefficient (Wildman–Crippen LogP) is 6.97. The number of aromatic nitrogens is 1. The smallest absolute Gasteiger partial charge is 0.416 e. The Balaban J connectivity index is 1.56. The molecule has 0 bridgehead atoms. The van der Waals surface area contributed by atoms with Crippen molar-refractivity contribution < 1.29 is 45.4 Å². The number of benzene rings is 3. The van der Waals surface area contributed by atoms with Gasteiger partial charge in [-0.1, -0.05) is 30.3 Å². The first kappa shape index (κ1) is 27.8. The van der Waals surface area contributed by atoms with Crippen LogP contribution in [-0.4, -0.2) is 29.2 Å². The van der Waals surface area contributed by atoms with Gasteiger partial charge in [-0.25, -0.2) is 0 Å². The van der Waals surface area contributed by atoms with Crippen molar-refractivity contribution in [3.05, 3.63) is 89.0 Å². The average Bonchev–Trinajstić information content (AvgIpc) is 3.29. The van der Waals surface area contributed by atoms with Crippen LogP contribution < -0.4 is 9.64 Å². The van der Waals surface area contributed by atoms with Crippen LogP contribution in [0.15, 0.2) is 71.1 Å². The van der Waals surface area contributed by atoms with E-state index >= 15 is 0 Å². The zero-order valence-corrected chi connectivity index (χ0v) is 20.2. The molecule has 0 saturated heterocycles. The molecule has 3 aromatic carbocycles. The topological polar surface area (TPSA) is 75.8 Å². The highest BCUT2D eigenvalue weighted by molar-refractivity contribution is 5.74. The second-order valence-corrected chi connectivity index (χ2v) is 8.67. The number of aliphatic carboxylic acids is 1. The van der Waals surface area contributed by atoms with Gasteiger partial charge >= 0.3 is 18.3 Å². The van der Waals surface area contributed by atoms with Crippen molar-refractivity contribution >= 4 is 23.1 Å². The number of ether oxygens (including phenoxy) is 1. The van der Waals surface area contributed by atoms with E-state index in [1.807, 2.05) is 0 Å². The summed E-state index contributed by atoms with van der Waals surface area (Å²) in [6, 6.07) is 14.7. The lowest BCUT2D eigenvalue weighted by molar-refractivity contribution is -0.143. The van der Waals surface area contributed by atoms with E-state index in [9.17, 15) is 31.1 Å². The molecule has 0 aliphatic carbocycles. The molecule has 0 atom stereocenters. The predicted molar refractivity (Wildman–Crippen MR) is 129 cm³/mol. The molecule has 1 aromatic heterocycles. The van der Waals surface area contributed by atoms with E-state index < -0.39 is 36.0 Å². The fourth-order valence-corrected chi connectivity index (χ4v) is 3.96. The maximum Gasteiger partial charge on any atom is 0.416 e. The third kappa shape index (κ3) is 7.21. The minimum atomic E-state index is -5.02. The van der Waals surface area contributed by atoms with Crippen molar-refractivity contribution in [1.29, 1.82) is 0 Å². The van der Waals surface area contributed by atoms with Crippen molar-refractivity contribution in [3.63, 3.8) is 0 Å². The van der Waals surface area contributed by atoms with Crippen molar-refractivity contribution in [2.75, 3.05) is 18.1 Å². The summed E-state index contributed by atoms with van der Waals surface area (Å²) >= 11 is 0. The first-order chi connectivity index (χ1) is 18.4. The zero-order chi connectivity index (χ0) is 28.2. The molecule has 4 rings (SSSR count). The highest BCUT2D eigenvalue weighted by Gasteiger charge is 2.38. The lowest BCUT2D eigenvalue weighted by Crippen LogP contribution is -2.27. The average molecular weight is 552 g/mol. The number of hydrogen-bond acceptors (Lipinski definition) is 5. The number of para-hydroxylation sites is 2. The van der Waals surface area contributed by atoms with Gasteiger partial charge in [0.15, 0.2) is 5.58 Å². The molecular weight excluding hydrogens is 530 g/mol. The summed E-state index contributed by atoms with van der Waals surface area (Å²) in [5.74, 6) is -0.577. The molecule has 1 N–H and O–H groups in total. The van der Waals surface area contributed by atoms with Gasteiger partial charge in [-0.2, -0.15) is 31.3 Å². The second kappa shape index (κ2) is 11.3. The second-order valence-electron chi connectivity index (χ2n) is 8.67. The van der Waals surface area contributed by atoms with Crippen LogP contribution >= 0.6 is 0 Å². The summed E-state index contributed by atoms with van der Waals surface area (Å²) in [6.07, 6.45) is -9.85. The molecule has 0 aliphatic heterocycles. The van der Waals surface area contributed by atoms with Crippen LogP contribution in [0.1, 0.15) is 28.7 Å². The Hall–Kier alpha value is -4.22. The summed E-state index contributed by atoms with van der Waals surface area (Å²) in [7, 11) is 0. The van der Waals surface area contributed by atoms with Crippen molar-refractivity contribution in [1.82, 2.24) is 4.98 Å². The standard InChI is InChI=1S/C27H22F6N2O4/c28-26(29,30)19-10-9-18(21(15-19)27(31,32)33)16-35(25-34-22-7-1-2-8-23(22)39-25)11-4-12-38-20-6-3-5-17(13-20)14-24(36)37/h1-3,5-10,13,15H,4,11-12,14,16H2,(H,36,37). The summed E-state index contributed by atoms with van der Waals surface area (Å²) < 4.78 is 92.1. The molecule has 0 aliphatic rings. The Morgan fingerprint density at radius 1 is 0.949 bits per heavy atom. The fraction of sp³-hybridized carbons (Fsp3) is 0.259. The Bertz CT molecular complexity index is 1420. The number of alkyl halides is 6. The molecule has 39 heavy (non-hydrogen) atoms.